The van der Waals surface area contributed by atoms with Gasteiger partial charge in [0, 0.05) is 30.6 Å². The van der Waals surface area contributed by atoms with E-state index in [2.05, 4.69) is 0 Å². The van der Waals surface area contributed by atoms with E-state index >= 15 is 0 Å². The number of aromatic nitrogens is 2. The molecule has 0 bridgehead atoms. The molecule has 1 aliphatic rings. The normalized spacial score (nSPS) is 12.0. The van der Waals surface area contributed by atoms with Gasteiger partial charge < -0.3 is 0 Å². The molecule has 0 saturated heterocycles. The number of hydrogen-bond acceptors (Lipinski definition) is 2. The maximum absolute atomic E-state index is 11.5. The average molecular weight is 261 g/mol. The van der Waals surface area contributed by atoms with Crippen LogP contribution >= 0.6 is 24.8 Å². The summed E-state index contributed by atoms with van der Waals surface area (Å²) >= 11 is 0. The number of rotatable bonds is 0. The smallest absolute Gasteiger partial charge is 0.252 e. The van der Waals surface area contributed by atoms with Crippen molar-refractivity contribution >= 4 is 35.8 Å². The lowest BCUT2D eigenvalue weighted by Crippen LogP contribution is -2.18. The van der Waals surface area contributed by atoms with Gasteiger partial charge in [0.2, 0.25) is 0 Å². The minimum absolute atomic E-state index is 0. The predicted molar refractivity (Wildman–Crippen MR) is 67.0 cm³/mol. The fourth-order valence-corrected chi connectivity index (χ4v) is 2.01. The van der Waals surface area contributed by atoms with E-state index < -0.39 is 0 Å². The fourth-order valence-electron chi connectivity index (χ4n) is 2.01. The first kappa shape index (κ1) is 12.8. The van der Waals surface area contributed by atoms with Crippen LogP contribution in [0.3, 0.4) is 0 Å². The van der Waals surface area contributed by atoms with Crippen LogP contribution < -0.4 is 11.1 Å². The van der Waals surface area contributed by atoms with Gasteiger partial charge >= 0.3 is 0 Å². The number of nitrogens with zero attached hydrogens (tertiary/aromatic N) is 2. The Morgan fingerprint density at radius 1 is 0.812 bits per heavy atom. The molecule has 2 aromatic heterocycles. The predicted octanol–water partition coefficient (Wildman–Crippen LogP) is 1.02. The second kappa shape index (κ2) is 4.31. The Kier molecular flexibility index (Phi) is 3.45. The van der Waals surface area contributed by atoms with Crippen molar-refractivity contribution in [2.75, 3.05) is 0 Å². The molecule has 2 aromatic rings. The summed E-state index contributed by atoms with van der Waals surface area (Å²) in [4.78, 5) is 22.9. The number of pyridine rings is 2. The molecule has 0 aliphatic carbocycles. The summed E-state index contributed by atoms with van der Waals surface area (Å²) in [6.07, 6.45) is 0. The van der Waals surface area contributed by atoms with Crippen LogP contribution in [0.2, 0.25) is 0 Å². The van der Waals surface area contributed by atoms with Crippen LogP contribution in [0.5, 0.6) is 0 Å². The molecule has 0 amide bonds. The Morgan fingerprint density at radius 3 is 1.69 bits per heavy atom. The van der Waals surface area contributed by atoms with Gasteiger partial charge in [-0.2, -0.15) is 0 Å². The van der Waals surface area contributed by atoms with Crippen LogP contribution in [0.25, 0.3) is 11.0 Å². The second-order valence-electron chi connectivity index (χ2n) is 3.43. The van der Waals surface area contributed by atoms with Gasteiger partial charge in [-0.3, -0.25) is 18.7 Å². The second-order valence-corrected chi connectivity index (χ2v) is 3.43. The summed E-state index contributed by atoms with van der Waals surface area (Å²) < 4.78 is 3.30. The quantitative estimate of drug-likeness (QED) is 0.710. The zero-order chi connectivity index (χ0) is 9.71. The fraction of sp³-hybridized carbons (Fsp3) is 0.200. The first-order valence-corrected chi connectivity index (χ1v) is 4.51. The molecule has 86 valence electrons. The van der Waals surface area contributed by atoms with E-state index in [1.54, 1.807) is 33.4 Å². The molecule has 0 spiro atoms. The monoisotopic (exact) mass is 260 g/mol. The molecule has 0 saturated carbocycles. The minimum atomic E-state index is -0.0330. The Bertz CT molecular complexity index is 593. The molecule has 3 rings (SSSR count). The van der Waals surface area contributed by atoms with Crippen molar-refractivity contribution in [3.63, 3.8) is 0 Å². The van der Waals surface area contributed by atoms with Gasteiger partial charge in [-0.1, -0.05) is 0 Å². The van der Waals surface area contributed by atoms with Crippen LogP contribution in [-0.4, -0.2) is 9.13 Å². The number of hydrogen-bond donors (Lipinski definition) is 0. The highest BCUT2D eigenvalue weighted by atomic mass is 35.5. The lowest BCUT2D eigenvalue weighted by atomic mass is 10.3. The molecular weight excluding hydrogens is 251 g/mol. The molecular formula is C10H10Cl2N2O2. The SMILES string of the molecule is Cl.Cl.O=c1ccc2ccc(=O)n3c2n1CC3. The molecule has 0 unspecified atom stereocenters. The number of halogens is 2. The van der Waals surface area contributed by atoms with Crippen LogP contribution in [0.1, 0.15) is 0 Å². The highest BCUT2D eigenvalue weighted by Gasteiger charge is 2.14. The average Bonchev–Trinajstić information content (AvgIpc) is 2.62. The van der Waals surface area contributed by atoms with Crippen molar-refractivity contribution in [3.05, 3.63) is 45.0 Å². The summed E-state index contributed by atoms with van der Waals surface area (Å²) in [5, 5.41) is 0.946. The van der Waals surface area contributed by atoms with Crippen molar-refractivity contribution < 1.29 is 0 Å². The van der Waals surface area contributed by atoms with Crippen LogP contribution in [-0.2, 0) is 13.1 Å². The molecule has 1 aliphatic heterocycles. The molecule has 3 heterocycles. The Labute approximate surface area is 103 Å². The van der Waals surface area contributed by atoms with Crippen molar-refractivity contribution in [2.24, 2.45) is 0 Å². The van der Waals surface area contributed by atoms with Gasteiger partial charge in [-0.05, 0) is 12.1 Å². The Morgan fingerprint density at radius 2 is 1.25 bits per heavy atom. The van der Waals surface area contributed by atoms with E-state index in [0.29, 0.717) is 13.1 Å². The lowest BCUT2D eigenvalue weighted by molar-refractivity contribution is 0.661. The maximum atomic E-state index is 11.5. The topological polar surface area (TPSA) is 44.0 Å². The van der Waals surface area contributed by atoms with Gasteiger partial charge in [0.05, 0.1) is 0 Å². The van der Waals surface area contributed by atoms with E-state index in [9.17, 15) is 9.59 Å². The zero-order valence-electron chi connectivity index (χ0n) is 8.25. The largest absolute Gasteiger partial charge is 0.292 e. The van der Waals surface area contributed by atoms with Gasteiger partial charge in [-0.25, -0.2) is 0 Å². The maximum Gasteiger partial charge on any atom is 0.252 e. The Balaban J connectivity index is 0.000000640. The van der Waals surface area contributed by atoms with Gasteiger partial charge in [-0.15, -0.1) is 24.8 Å². The first-order chi connectivity index (χ1) is 6.77. The third kappa shape index (κ3) is 1.54. The highest BCUT2D eigenvalue weighted by Crippen LogP contribution is 2.13. The lowest BCUT2D eigenvalue weighted by Gasteiger charge is -2.02. The molecule has 0 aromatic carbocycles. The Hall–Kier alpha value is -1.26. The summed E-state index contributed by atoms with van der Waals surface area (Å²) in [5.41, 5.74) is 0.689. The van der Waals surface area contributed by atoms with Crippen LogP contribution in [0.4, 0.5) is 0 Å². The van der Waals surface area contributed by atoms with Gasteiger partial charge in [0.15, 0.2) is 0 Å². The third-order valence-electron chi connectivity index (χ3n) is 2.66. The molecule has 6 heteroatoms. The number of aryl methyl sites for hydroxylation is 2. The summed E-state index contributed by atoms with van der Waals surface area (Å²) in [6, 6.07) is 6.61. The molecule has 0 fully saturated rings. The zero-order valence-corrected chi connectivity index (χ0v) is 9.88. The van der Waals surface area contributed by atoms with Crippen molar-refractivity contribution in [1.82, 2.24) is 9.13 Å². The van der Waals surface area contributed by atoms with Crippen molar-refractivity contribution in [2.45, 2.75) is 13.1 Å². The summed E-state index contributed by atoms with van der Waals surface area (Å²) in [5.74, 6) is 0. The van der Waals surface area contributed by atoms with Crippen LogP contribution in [0, 0.1) is 0 Å². The van der Waals surface area contributed by atoms with Crippen molar-refractivity contribution in [1.29, 1.82) is 0 Å². The van der Waals surface area contributed by atoms with Gasteiger partial charge in [0.1, 0.15) is 5.65 Å². The molecule has 16 heavy (non-hydrogen) atoms. The standard InChI is InChI=1S/C10H8N2O2.2ClH/c13-8-3-1-7-2-4-9(14)12-6-5-11(8)10(7)12;;/h1-4H,5-6H2;2*1H. The summed E-state index contributed by atoms with van der Waals surface area (Å²) in [6.45, 7) is 1.21. The molecule has 0 atom stereocenters. The molecule has 0 N–H and O–H groups in total. The minimum Gasteiger partial charge on any atom is -0.292 e. The van der Waals surface area contributed by atoms with E-state index in [1.165, 1.54) is 0 Å². The van der Waals surface area contributed by atoms with E-state index in [4.69, 9.17) is 0 Å². The van der Waals surface area contributed by atoms with Crippen molar-refractivity contribution in [3.8, 4) is 0 Å². The van der Waals surface area contributed by atoms with Crippen LogP contribution in [0.15, 0.2) is 33.9 Å². The molecule has 0 radical (unpaired) electrons. The van der Waals surface area contributed by atoms with E-state index in [-0.39, 0.29) is 35.9 Å². The van der Waals surface area contributed by atoms with E-state index in [0.717, 1.165) is 11.0 Å². The van der Waals surface area contributed by atoms with Gasteiger partial charge in [0.25, 0.3) is 11.1 Å². The van der Waals surface area contributed by atoms with E-state index in [1.807, 2.05) is 0 Å². The summed E-state index contributed by atoms with van der Waals surface area (Å²) in [7, 11) is 0. The first-order valence-electron chi connectivity index (χ1n) is 4.51. The third-order valence-corrected chi connectivity index (χ3v) is 2.66. The molecule has 4 nitrogen and oxygen atoms in total. The highest BCUT2D eigenvalue weighted by molar-refractivity contribution is 5.85.